The number of hydrogen-bond acceptors (Lipinski definition) is 7. The number of aryl methyl sites for hydroxylation is 1. The maximum atomic E-state index is 13.2. The average Bonchev–Trinajstić information content (AvgIpc) is 2.83. The zero-order chi connectivity index (χ0) is 26.2. The molecule has 36 heavy (non-hydrogen) atoms. The highest BCUT2D eigenvalue weighted by atomic mass is 79.9. The molecule has 0 saturated heterocycles. The monoisotopic (exact) mass is 555 g/mol. The Morgan fingerprint density at radius 1 is 1.22 bits per heavy atom. The van der Waals surface area contributed by atoms with Crippen molar-refractivity contribution in [1.82, 2.24) is 9.66 Å². The van der Waals surface area contributed by atoms with Gasteiger partial charge in [-0.3, -0.25) is 4.79 Å². The summed E-state index contributed by atoms with van der Waals surface area (Å²) in [6.07, 6.45) is 4.08. The Bertz CT molecular complexity index is 1350. The van der Waals surface area contributed by atoms with Gasteiger partial charge in [-0.15, -0.1) is 6.58 Å². The molecule has 0 aliphatic heterocycles. The fourth-order valence-corrected chi connectivity index (χ4v) is 3.95. The van der Waals surface area contributed by atoms with Gasteiger partial charge in [0.15, 0.2) is 18.1 Å². The van der Waals surface area contributed by atoms with Gasteiger partial charge >= 0.3 is 5.97 Å². The van der Waals surface area contributed by atoms with Crippen LogP contribution in [0.25, 0.3) is 10.9 Å². The SMILES string of the molecule is C=CCc1cc(C=Nn2c(CC)nc3ccc(Br)cc3c2=O)cc(OCC)c1OCC(=O)OC(C)C. The molecule has 1 aromatic heterocycles. The molecule has 0 amide bonds. The normalized spacial score (nSPS) is 11.3. The Labute approximate surface area is 218 Å². The number of benzene rings is 2. The number of rotatable bonds is 11. The molecule has 0 atom stereocenters. The number of aromatic nitrogens is 2. The fraction of sp³-hybridized carbons (Fsp3) is 0.333. The van der Waals surface area contributed by atoms with Gasteiger partial charge < -0.3 is 14.2 Å². The summed E-state index contributed by atoms with van der Waals surface area (Å²) < 4.78 is 18.9. The summed E-state index contributed by atoms with van der Waals surface area (Å²) in [5.41, 5.74) is 1.82. The highest BCUT2D eigenvalue weighted by Gasteiger charge is 2.16. The maximum Gasteiger partial charge on any atom is 0.344 e. The number of fused-ring (bicyclic) bond motifs is 1. The van der Waals surface area contributed by atoms with Gasteiger partial charge in [0.2, 0.25) is 0 Å². The first-order valence-electron chi connectivity index (χ1n) is 11.8. The van der Waals surface area contributed by atoms with Crippen LogP contribution >= 0.6 is 15.9 Å². The molecule has 0 radical (unpaired) electrons. The second-order valence-corrected chi connectivity index (χ2v) is 9.08. The second kappa shape index (κ2) is 12.5. The van der Waals surface area contributed by atoms with Gasteiger partial charge in [-0.25, -0.2) is 9.78 Å². The van der Waals surface area contributed by atoms with E-state index in [4.69, 9.17) is 14.2 Å². The number of carbonyl (C=O) groups is 1. The molecule has 8 nitrogen and oxygen atoms in total. The van der Waals surface area contributed by atoms with Crippen molar-refractivity contribution in [1.29, 1.82) is 0 Å². The standard InChI is InChI=1S/C27H30BrN3O5/c1-6-9-19-12-18(13-23(34-8-3)26(19)35-16-25(32)36-17(4)5)15-29-31-24(7-2)30-22-11-10-20(28)14-21(22)27(31)33/h6,10-15,17H,1,7-9,16H2,2-5H3. The maximum absolute atomic E-state index is 13.2. The van der Waals surface area contributed by atoms with Gasteiger partial charge in [0.05, 0.1) is 29.8 Å². The predicted molar refractivity (Wildman–Crippen MR) is 144 cm³/mol. The molecule has 3 rings (SSSR count). The van der Waals surface area contributed by atoms with Crippen LogP contribution in [0.5, 0.6) is 11.5 Å². The molecule has 0 aliphatic rings. The summed E-state index contributed by atoms with van der Waals surface area (Å²) >= 11 is 3.41. The Balaban J connectivity index is 2.03. The molecule has 2 aromatic carbocycles. The summed E-state index contributed by atoms with van der Waals surface area (Å²) in [4.78, 5) is 29.8. The highest BCUT2D eigenvalue weighted by Crippen LogP contribution is 2.33. The third-order valence-electron chi connectivity index (χ3n) is 5.03. The number of halogens is 1. The first-order chi connectivity index (χ1) is 17.3. The molecule has 0 saturated carbocycles. The minimum absolute atomic E-state index is 0.235. The number of carbonyl (C=O) groups excluding carboxylic acids is 1. The molecule has 0 bridgehead atoms. The van der Waals surface area contributed by atoms with Crippen molar-refractivity contribution in [2.75, 3.05) is 13.2 Å². The van der Waals surface area contributed by atoms with E-state index in [9.17, 15) is 9.59 Å². The summed E-state index contributed by atoms with van der Waals surface area (Å²) in [6, 6.07) is 9.01. The quantitative estimate of drug-likeness (QED) is 0.186. The van der Waals surface area contributed by atoms with Crippen LogP contribution in [0.1, 0.15) is 44.6 Å². The molecule has 0 unspecified atom stereocenters. The van der Waals surface area contributed by atoms with E-state index >= 15 is 0 Å². The van der Waals surface area contributed by atoms with Crippen LogP contribution < -0.4 is 15.0 Å². The van der Waals surface area contributed by atoms with Crippen molar-refractivity contribution >= 4 is 39.0 Å². The fourth-order valence-electron chi connectivity index (χ4n) is 3.59. The lowest BCUT2D eigenvalue weighted by Crippen LogP contribution is -2.22. The lowest BCUT2D eigenvalue weighted by Gasteiger charge is -2.17. The Hall–Kier alpha value is -3.46. The molecule has 0 N–H and O–H groups in total. The van der Waals surface area contributed by atoms with E-state index < -0.39 is 5.97 Å². The van der Waals surface area contributed by atoms with Crippen molar-refractivity contribution in [3.8, 4) is 11.5 Å². The van der Waals surface area contributed by atoms with Crippen LogP contribution in [0.15, 0.2) is 57.4 Å². The van der Waals surface area contributed by atoms with Crippen molar-refractivity contribution in [3.63, 3.8) is 0 Å². The van der Waals surface area contributed by atoms with E-state index in [0.29, 0.717) is 53.2 Å². The molecular weight excluding hydrogens is 526 g/mol. The second-order valence-electron chi connectivity index (χ2n) is 8.16. The highest BCUT2D eigenvalue weighted by molar-refractivity contribution is 9.10. The molecule has 3 aromatic rings. The lowest BCUT2D eigenvalue weighted by atomic mass is 10.1. The van der Waals surface area contributed by atoms with Gasteiger partial charge in [0.25, 0.3) is 5.56 Å². The van der Waals surface area contributed by atoms with Gasteiger partial charge in [0.1, 0.15) is 5.82 Å². The minimum Gasteiger partial charge on any atom is -0.490 e. The van der Waals surface area contributed by atoms with E-state index in [0.717, 1.165) is 10.0 Å². The van der Waals surface area contributed by atoms with Crippen molar-refractivity contribution < 1.29 is 19.0 Å². The van der Waals surface area contributed by atoms with Gasteiger partial charge in [-0.05, 0) is 63.1 Å². The van der Waals surface area contributed by atoms with Crippen LogP contribution in [0.4, 0.5) is 0 Å². The minimum atomic E-state index is -0.468. The Morgan fingerprint density at radius 3 is 2.67 bits per heavy atom. The molecule has 1 heterocycles. The lowest BCUT2D eigenvalue weighted by molar-refractivity contribution is -0.149. The van der Waals surface area contributed by atoms with E-state index in [1.807, 2.05) is 26.0 Å². The van der Waals surface area contributed by atoms with Crippen LogP contribution in [0, 0.1) is 0 Å². The van der Waals surface area contributed by atoms with Crippen LogP contribution in [-0.4, -0.2) is 41.2 Å². The Kier molecular flexibility index (Phi) is 9.41. The summed E-state index contributed by atoms with van der Waals surface area (Å²) in [5.74, 6) is 0.980. The van der Waals surface area contributed by atoms with E-state index in [1.54, 1.807) is 44.3 Å². The third kappa shape index (κ3) is 6.60. The van der Waals surface area contributed by atoms with E-state index in [1.165, 1.54) is 4.68 Å². The van der Waals surface area contributed by atoms with Crippen LogP contribution in [0.2, 0.25) is 0 Å². The van der Waals surface area contributed by atoms with Gasteiger partial charge in [-0.2, -0.15) is 9.78 Å². The summed E-state index contributed by atoms with van der Waals surface area (Å²) in [5, 5.41) is 4.94. The number of nitrogens with zero attached hydrogens (tertiary/aromatic N) is 3. The van der Waals surface area contributed by atoms with Crippen molar-refractivity contribution in [2.24, 2.45) is 5.10 Å². The molecular formula is C27H30BrN3O5. The number of ether oxygens (including phenoxy) is 3. The first kappa shape index (κ1) is 27.1. The predicted octanol–water partition coefficient (Wildman–Crippen LogP) is 5.06. The summed E-state index contributed by atoms with van der Waals surface area (Å²) in [6.45, 7) is 11.3. The number of allylic oxidation sites excluding steroid dienone is 1. The zero-order valence-corrected chi connectivity index (χ0v) is 22.5. The average molecular weight is 556 g/mol. The van der Waals surface area contributed by atoms with Crippen LogP contribution in [-0.2, 0) is 22.4 Å². The van der Waals surface area contributed by atoms with Crippen molar-refractivity contribution in [2.45, 2.75) is 46.6 Å². The number of esters is 1. The topological polar surface area (TPSA) is 92.0 Å². The largest absolute Gasteiger partial charge is 0.490 e. The third-order valence-corrected chi connectivity index (χ3v) is 5.53. The number of hydrogen-bond donors (Lipinski definition) is 0. The Morgan fingerprint density at radius 2 is 2.00 bits per heavy atom. The molecule has 0 aliphatic carbocycles. The zero-order valence-electron chi connectivity index (χ0n) is 20.9. The smallest absolute Gasteiger partial charge is 0.344 e. The van der Waals surface area contributed by atoms with E-state index in [2.05, 4.69) is 32.6 Å². The van der Waals surface area contributed by atoms with Gasteiger partial charge in [-0.1, -0.05) is 28.9 Å². The van der Waals surface area contributed by atoms with Crippen LogP contribution in [0.3, 0.4) is 0 Å². The summed E-state index contributed by atoms with van der Waals surface area (Å²) in [7, 11) is 0. The molecule has 9 heteroatoms. The first-order valence-corrected chi connectivity index (χ1v) is 12.5. The van der Waals surface area contributed by atoms with Gasteiger partial charge in [0, 0.05) is 16.5 Å². The molecule has 0 fully saturated rings. The molecule has 0 spiro atoms. The molecule has 190 valence electrons. The van der Waals surface area contributed by atoms with Crippen molar-refractivity contribution in [3.05, 3.63) is 74.8 Å². The van der Waals surface area contributed by atoms with E-state index in [-0.39, 0.29) is 18.3 Å².